The summed E-state index contributed by atoms with van der Waals surface area (Å²) in [4.78, 5) is 17.1. The van der Waals surface area contributed by atoms with Crippen molar-refractivity contribution in [3.8, 4) is 0 Å². The Kier molecular flexibility index (Phi) is 3.93. The number of rotatable bonds is 3. The van der Waals surface area contributed by atoms with Crippen LogP contribution in [0.15, 0.2) is 65.7 Å². The maximum atomic E-state index is 12.7. The molecule has 1 heterocycles. The summed E-state index contributed by atoms with van der Waals surface area (Å²) in [6, 6.07) is 19.9. The third-order valence-electron chi connectivity index (χ3n) is 3.88. The van der Waals surface area contributed by atoms with E-state index in [1.54, 1.807) is 11.8 Å². The first-order chi connectivity index (χ1) is 10.3. The molecule has 1 aliphatic rings. The van der Waals surface area contributed by atoms with E-state index in [9.17, 15) is 4.79 Å². The van der Waals surface area contributed by atoms with E-state index in [0.717, 1.165) is 29.0 Å². The summed E-state index contributed by atoms with van der Waals surface area (Å²) < 4.78 is -0.528. The van der Waals surface area contributed by atoms with Crippen molar-refractivity contribution >= 4 is 23.4 Å². The highest BCUT2D eigenvalue weighted by atomic mass is 32.2. The molecule has 0 radical (unpaired) electrons. The van der Waals surface area contributed by atoms with Crippen LogP contribution in [0.2, 0.25) is 0 Å². The molecule has 1 unspecified atom stereocenters. The third kappa shape index (κ3) is 2.54. The lowest BCUT2D eigenvalue weighted by atomic mass is 9.94. The minimum Gasteiger partial charge on any atom is -0.271 e. The van der Waals surface area contributed by atoms with E-state index in [2.05, 4.69) is 11.9 Å². The molecule has 1 amide bonds. The number of amides is 1. The largest absolute Gasteiger partial charge is 0.271 e. The predicted molar refractivity (Wildman–Crippen MR) is 88.9 cm³/mol. The zero-order valence-corrected chi connectivity index (χ0v) is 12.8. The van der Waals surface area contributed by atoms with Gasteiger partial charge in [0.1, 0.15) is 4.75 Å². The maximum Gasteiger partial charge on any atom is 0.266 e. The number of hydrogen-bond donors (Lipinski definition) is 0. The molecule has 2 aromatic carbocycles. The van der Waals surface area contributed by atoms with Crippen LogP contribution in [0.4, 0.5) is 0 Å². The van der Waals surface area contributed by atoms with Crippen LogP contribution in [0.3, 0.4) is 0 Å². The molecule has 0 aromatic heterocycles. The van der Waals surface area contributed by atoms with Gasteiger partial charge in [-0.3, -0.25) is 4.79 Å². The molecular formula is C18H17NOS. The summed E-state index contributed by atoms with van der Waals surface area (Å²) in [5.74, 6) is 0.727. The van der Waals surface area contributed by atoms with Gasteiger partial charge in [0.15, 0.2) is 0 Å². The van der Waals surface area contributed by atoms with Crippen molar-refractivity contribution in [2.75, 3.05) is 5.75 Å². The van der Waals surface area contributed by atoms with Crippen molar-refractivity contribution in [3.05, 3.63) is 71.8 Å². The standard InChI is InChI=1S/C18H17NOS/c1-2-18(15-11-7-4-8-12-15)17(20)19-16(13-21-18)14-9-5-3-6-10-14/h3-12H,2,13H2,1H3. The first-order valence-electron chi connectivity index (χ1n) is 7.13. The van der Waals surface area contributed by atoms with Gasteiger partial charge < -0.3 is 0 Å². The zero-order chi connectivity index (χ0) is 14.7. The van der Waals surface area contributed by atoms with Gasteiger partial charge >= 0.3 is 0 Å². The Morgan fingerprint density at radius 3 is 2.24 bits per heavy atom. The van der Waals surface area contributed by atoms with Gasteiger partial charge in [-0.15, -0.1) is 11.8 Å². The Bertz CT molecular complexity index is 666. The summed E-state index contributed by atoms with van der Waals surface area (Å²) in [7, 11) is 0. The average molecular weight is 295 g/mol. The summed E-state index contributed by atoms with van der Waals surface area (Å²) in [5, 5.41) is 0. The van der Waals surface area contributed by atoms with E-state index in [0.29, 0.717) is 0 Å². The molecule has 0 saturated heterocycles. The number of carbonyl (C=O) groups is 1. The second-order valence-electron chi connectivity index (χ2n) is 5.06. The summed E-state index contributed by atoms with van der Waals surface area (Å²) >= 11 is 1.69. The highest BCUT2D eigenvalue weighted by Crippen LogP contribution is 2.43. The van der Waals surface area contributed by atoms with Gasteiger partial charge in [0.2, 0.25) is 0 Å². The second-order valence-corrected chi connectivity index (χ2v) is 6.34. The number of benzene rings is 2. The maximum absolute atomic E-state index is 12.7. The summed E-state index contributed by atoms with van der Waals surface area (Å²) in [6.45, 7) is 2.06. The van der Waals surface area contributed by atoms with E-state index in [-0.39, 0.29) is 5.91 Å². The fourth-order valence-corrected chi connectivity index (χ4v) is 3.94. The van der Waals surface area contributed by atoms with E-state index < -0.39 is 4.75 Å². The Labute approximate surface area is 129 Å². The van der Waals surface area contributed by atoms with Crippen molar-refractivity contribution in [2.24, 2.45) is 4.99 Å². The van der Waals surface area contributed by atoms with E-state index in [1.807, 2.05) is 60.7 Å². The van der Waals surface area contributed by atoms with E-state index >= 15 is 0 Å². The molecule has 0 N–H and O–H groups in total. The van der Waals surface area contributed by atoms with Gasteiger partial charge in [-0.2, -0.15) is 0 Å². The Morgan fingerprint density at radius 1 is 1.05 bits per heavy atom. The number of hydrogen-bond acceptors (Lipinski definition) is 2. The summed E-state index contributed by atoms with van der Waals surface area (Å²) in [5.41, 5.74) is 2.97. The molecule has 0 spiro atoms. The Morgan fingerprint density at radius 2 is 1.67 bits per heavy atom. The Balaban J connectivity index is 1.98. The quantitative estimate of drug-likeness (QED) is 0.854. The van der Waals surface area contributed by atoms with Crippen molar-refractivity contribution < 1.29 is 4.79 Å². The van der Waals surface area contributed by atoms with Crippen LogP contribution in [0.5, 0.6) is 0 Å². The van der Waals surface area contributed by atoms with Gasteiger partial charge in [0.05, 0.1) is 5.71 Å². The van der Waals surface area contributed by atoms with Crippen molar-refractivity contribution in [2.45, 2.75) is 18.1 Å². The minimum atomic E-state index is -0.528. The van der Waals surface area contributed by atoms with Crippen molar-refractivity contribution in [3.63, 3.8) is 0 Å². The van der Waals surface area contributed by atoms with E-state index in [4.69, 9.17) is 0 Å². The van der Waals surface area contributed by atoms with Crippen LogP contribution in [0.1, 0.15) is 24.5 Å². The second kappa shape index (κ2) is 5.86. The predicted octanol–water partition coefficient (Wildman–Crippen LogP) is 4.05. The normalized spacial score (nSPS) is 22.0. The summed E-state index contributed by atoms with van der Waals surface area (Å²) in [6.07, 6.45) is 0.756. The number of thioether (sulfide) groups is 1. The van der Waals surface area contributed by atoms with Crippen LogP contribution in [-0.2, 0) is 9.54 Å². The van der Waals surface area contributed by atoms with Gasteiger partial charge in [0, 0.05) is 5.75 Å². The SMILES string of the molecule is CCC1(c2ccccc2)SCC(c2ccccc2)=NC1=O. The van der Waals surface area contributed by atoms with Gasteiger partial charge in [0.25, 0.3) is 5.91 Å². The molecule has 3 heteroatoms. The number of nitrogens with zero attached hydrogens (tertiary/aromatic N) is 1. The molecule has 3 rings (SSSR count). The van der Waals surface area contributed by atoms with Crippen LogP contribution in [-0.4, -0.2) is 17.4 Å². The highest BCUT2D eigenvalue weighted by molar-refractivity contribution is 8.01. The molecule has 1 atom stereocenters. The van der Waals surface area contributed by atoms with Crippen molar-refractivity contribution in [1.29, 1.82) is 0 Å². The lowest BCUT2D eigenvalue weighted by Gasteiger charge is -2.33. The van der Waals surface area contributed by atoms with Gasteiger partial charge in [-0.25, -0.2) is 4.99 Å². The van der Waals surface area contributed by atoms with Gasteiger partial charge in [-0.1, -0.05) is 67.6 Å². The molecular weight excluding hydrogens is 278 g/mol. The lowest BCUT2D eigenvalue weighted by Crippen LogP contribution is -2.36. The molecule has 2 aromatic rings. The van der Waals surface area contributed by atoms with Crippen LogP contribution in [0.25, 0.3) is 0 Å². The Hall–Kier alpha value is -1.87. The number of carbonyl (C=O) groups excluding carboxylic acids is 1. The molecule has 21 heavy (non-hydrogen) atoms. The van der Waals surface area contributed by atoms with Crippen molar-refractivity contribution in [1.82, 2.24) is 0 Å². The monoisotopic (exact) mass is 295 g/mol. The molecule has 0 bridgehead atoms. The van der Waals surface area contributed by atoms with E-state index in [1.165, 1.54) is 0 Å². The first kappa shape index (κ1) is 14.1. The average Bonchev–Trinajstić information content (AvgIpc) is 2.57. The highest BCUT2D eigenvalue weighted by Gasteiger charge is 2.42. The number of aliphatic imine (C=N–C) groups is 1. The smallest absolute Gasteiger partial charge is 0.266 e. The van der Waals surface area contributed by atoms with Crippen LogP contribution in [0, 0.1) is 0 Å². The molecule has 0 aliphatic carbocycles. The molecule has 1 aliphatic heterocycles. The third-order valence-corrected chi connectivity index (χ3v) is 5.49. The minimum absolute atomic E-state index is 0.0358. The topological polar surface area (TPSA) is 29.4 Å². The molecule has 0 saturated carbocycles. The van der Waals surface area contributed by atoms with Gasteiger partial charge in [-0.05, 0) is 17.5 Å². The van der Waals surface area contributed by atoms with Crippen LogP contribution < -0.4 is 0 Å². The zero-order valence-electron chi connectivity index (χ0n) is 12.0. The molecule has 2 nitrogen and oxygen atoms in total. The molecule has 106 valence electrons. The molecule has 0 fully saturated rings. The first-order valence-corrected chi connectivity index (χ1v) is 8.12. The lowest BCUT2D eigenvalue weighted by molar-refractivity contribution is -0.120. The fraction of sp³-hybridized carbons (Fsp3) is 0.222. The fourth-order valence-electron chi connectivity index (χ4n) is 2.65. The van der Waals surface area contributed by atoms with Crippen LogP contribution >= 0.6 is 11.8 Å².